The Morgan fingerprint density at radius 3 is 1.06 bits per heavy atom. The van der Waals surface area contributed by atoms with Crippen LogP contribution in [0.4, 0.5) is 0 Å². The van der Waals surface area contributed by atoms with Crippen molar-refractivity contribution in [2.24, 2.45) is 0 Å². The number of hydrogen-bond donors (Lipinski definition) is 5. The molecule has 0 aliphatic carbocycles. The van der Waals surface area contributed by atoms with Gasteiger partial charge in [0, 0.05) is 36.8 Å². The fraction of sp³-hybridized carbons (Fsp3) is 0.302. The Morgan fingerprint density at radius 1 is 0.333 bits per heavy atom. The lowest BCUT2D eigenvalue weighted by Crippen LogP contribution is -2.04. The van der Waals surface area contributed by atoms with Crippen molar-refractivity contribution in [3.63, 3.8) is 0 Å². The number of benzene rings is 5. The first kappa shape index (κ1) is 34.4. The molecular formula is C43H48O5. The van der Waals surface area contributed by atoms with Gasteiger partial charge in [-0.2, -0.15) is 0 Å². The normalized spacial score (nSPS) is 11.4. The Bertz CT molecular complexity index is 1920. The van der Waals surface area contributed by atoms with Crippen molar-refractivity contribution in [1.29, 1.82) is 0 Å². The lowest BCUT2D eigenvalue weighted by Gasteiger charge is -2.20. The zero-order valence-electron chi connectivity index (χ0n) is 29.7. The van der Waals surface area contributed by atoms with Crippen molar-refractivity contribution in [1.82, 2.24) is 0 Å². The number of rotatable bonds is 8. The highest BCUT2D eigenvalue weighted by molar-refractivity contribution is 5.57. The maximum absolute atomic E-state index is 11.7. The predicted octanol–water partition coefficient (Wildman–Crippen LogP) is 9.35. The molecule has 5 heteroatoms. The molecule has 0 aromatic heterocycles. The van der Waals surface area contributed by atoms with E-state index in [1.165, 1.54) is 0 Å². The monoisotopic (exact) mass is 644 g/mol. The number of aromatic hydroxyl groups is 5. The second-order valence-corrected chi connectivity index (χ2v) is 13.9. The Labute approximate surface area is 284 Å². The first-order chi connectivity index (χ1) is 22.5. The highest BCUT2D eigenvalue weighted by Crippen LogP contribution is 2.38. The topological polar surface area (TPSA) is 101 Å². The van der Waals surface area contributed by atoms with E-state index in [1.807, 2.05) is 98.7 Å². The molecule has 0 radical (unpaired) electrons. The summed E-state index contributed by atoms with van der Waals surface area (Å²) >= 11 is 0. The van der Waals surface area contributed by atoms with Crippen molar-refractivity contribution >= 4 is 0 Å². The molecule has 5 nitrogen and oxygen atoms in total. The summed E-state index contributed by atoms with van der Waals surface area (Å²) in [6.07, 6.45) is 2.09. The molecule has 5 aromatic carbocycles. The van der Waals surface area contributed by atoms with Crippen LogP contribution in [-0.2, 0) is 25.7 Å². The summed E-state index contributed by atoms with van der Waals surface area (Å²) in [5.41, 5.74) is 15.7. The van der Waals surface area contributed by atoms with E-state index in [0.717, 1.165) is 94.6 Å². The van der Waals surface area contributed by atoms with Gasteiger partial charge in [0.2, 0.25) is 0 Å². The van der Waals surface area contributed by atoms with Crippen molar-refractivity contribution < 1.29 is 25.5 Å². The van der Waals surface area contributed by atoms with Crippen molar-refractivity contribution in [3.8, 4) is 28.7 Å². The van der Waals surface area contributed by atoms with Gasteiger partial charge in [0.05, 0.1) is 0 Å². The van der Waals surface area contributed by atoms with Crippen molar-refractivity contribution in [2.45, 2.75) is 88.0 Å². The van der Waals surface area contributed by atoms with Crippen molar-refractivity contribution in [2.75, 3.05) is 0 Å². The summed E-state index contributed by atoms with van der Waals surface area (Å²) in [7, 11) is 0. The lowest BCUT2D eigenvalue weighted by molar-refractivity contribution is 0.462. The van der Waals surface area contributed by atoms with Crippen LogP contribution in [0.15, 0.2) is 48.5 Å². The molecular weight excluding hydrogens is 596 g/mol. The van der Waals surface area contributed by atoms with E-state index in [9.17, 15) is 25.5 Å². The average molecular weight is 645 g/mol. The Morgan fingerprint density at radius 2 is 0.688 bits per heavy atom. The molecule has 0 fully saturated rings. The second-order valence-electron chi connectivity index (χ2n) is 13.9. The molecule has 0 saturated heterocycles. The highest BCUT2D eigenvalue weighted by atomic mass is 16.3. The molecule has 0 saturated carbocycles. The molecule has 5 N–H and O–H groups in total. The number of phenols is 5. The third kappa shape index (κ3) is 6.73. The van der Waals surface area contributed by atoms with Crippen LogP contribution < -0.4 is 0 Å². The standard InChI is InChI=1S/C43H48O5/c1-22-10-35(18-33-14-27(6)41(46)37(29(33)8)20-31-12-25(4)39(44)16-23(31)2)43(48)36(11-22)19-34-15-28(7)42(47)38(30(34)9)21-32-13-26(5)40(45)17-24(32)3/h10-17,44-48H,18-21H2,1-9H3. The first-order valence-electron chi connectivity index (χ1n) is 16.6. The molecule has 5 aromatic rings. The minimum atomic E-state index is 0.258. The van der Waals surface area contributed by atoms with E-state index >= 15 is 0 Å². The zero-order chi connectivity index (χ0) is 35.2. The van der Waals surface area contributed by atoms with Gasteiger partial charge >= 0.3 is 0 Å². The Hall–Kier alpha value is -4.90. The first-order valence-corrected chi connectivity index (χ1v) is 16.6. The summed E-state index contributed by atoms with van der Waals surface area (Å²) in [5.74, 6) is 1.35. The molecule has 5 rings (SSSR count). The second kappa shape index (κ2) is 13.3. The summed E-state index contributed by atoms with van der Waals surface area (Å²) in [4.78, 5) is 0. The maximum Gasteiger partial charge on any atom is 0.122 e. The molecule has 0 heterocycles. The van der Waals surface area contributed by atoms with Gasteiger partial charge in [-0.3, -0.25) is 0 Å². The van der Waals surface area contributed by atoms with Crippen LogP contribution in [0.1, 0.15) is 94.6 Å². The summed E-state index contributed by atoms with van der Waals surface area (Å²) in [5, 5.41) is 54.3. The number of hydrogen-bond acceptors (Lipinski definition) is 5. The molecule has 0 unspecified atom stereocenters. The van der Waals surface area contributed by atoms with Gasteiger partial charge in [-0.15, -0.1) is 0 Å². The van der Waals surface area contributed by atoms with Crippen LogP contribution in [-0.4, -0.2) is 25.5 Å². The molecule has 48 heavy (non-hydrogen) atoms. The molecule has 0 bridgehead atoms. The maximum atomic E-state index is 11.7. The van der Waals surface area contributed by atoms with E-state index in [-0.39, 0.29) is 28.7 Å². The van der Waals surface area contributed by atoms with Crippen molar-refractivity contribution in [3.05, 3.63) is 143 Å². The molecule has 0 atom stereocenters. The van der Waals surface area contributed by atoms with E-state index in [2.05, 4.69) is 0 Å². The summed E-state index contributed by atoms with van der Waals surface area (Å²) < 4.78 is 0. The van der Waals surface area contributed by atoms with Gasteiger partial charge in [0.15, 0.2) is 0 Å². The van der Waals surface area contributed by atoms with Crippen LogP contribution >= 0.6 is 0 Å². The Kier molecular flexibility index (Phi) is 9.55. The van der Waals surface area contributed by atoms with Gasteiger partial charge in [-0.25, -0.2) is 0 Å². The van der Waals surface area contributed by atoms with Crippen LogP contribution in [0.5, 0.6) is 28.7 Å². The average Bonchev–Trinajstić information content (AvgIpc) is 3.02. The fourth-order valence-electron chi connectivity index (χ4n) is 6.99. The molecule has 0 amide bonds. The van der Waals surface area contributed by atoms with Gasteiger partial charge in [-0.05, 0) is 152 Å². The van der Waals surface area contributed by atoms with Gasteiger partial charge in [-0.1, -0.05) is 42.0 Å². The SMILES string of the molecule is Cc1cc(Cc2cc(C)c(O)c(Cc3cc(C)c(O)cc3C)c2C)c(O)c(Cc2cc(C)c(O)c(Cc3cc(C)c(O)cc3C)c2C)c1. The van der Waals surface area contributed by atoms with Crippen LogP contribution in [0.3, 0.4) is 0 Å². The fourth-order valence-corrected chi connectivity index (χ4v) is 6.99. The molecule has 0 aliphatic rings. The lowest BCUT2D eigenvalue weighted by atomic mass is 9.86. The predicted molar refractivity (Wildman–Crippen MR) is 194 cm³/mol. The third-order valence-corrected chi connectivity index (χ3v) is 10.2. The van der Waals surface area contributed by atoms with E-state index in [0.29, 0.717) is 25.7 Å². The molecule has 0 spiro atoms. The van der Waals surface area contributed by atoms with Crippen LogP contribution in [0.25, 0.3) is 0 Å². The van der Waals surface area contributed by atoms with E-state index < -0.39 is 0 Å². The largest absolute Gasteiger partial charge is 0.508 e. The van der Waals surface area contributed by atoms with Gasteiger partial charge in [0.1, 0.15) is 28.7 Å². The van der Waals surface area contributed by atoms with E-state index in [4.69, 9.17) is 0 Å². The molecule has 250 valence electrons. The summed E-state index contributed by atoms with van der Waals surface area (Å²) in [6.45, 7) is 17.6. The minimum Gasteiger partial charge on any atom is -0.508 e. The molecule has 0 aliphatic heterocycles. The zero-order valence-corrected chi connectivity index (χ0v) is 29.7. The quantitative estimate of drug-likeness (QED) is 0.116. The smallest absolute Gasteiger partial charge is 0.122 e. The van der Waals surface area contributed by atoms with E-state index in [1.54, 1.807) is 12.1 Å². The third-order valence-electron chi connectivity index (χ3n) is 10.2. The minimum absolute atomic E-state index is 0.258. The van der Waals surface area contributed by atoms with Gasteiger partial charge < -0.3 is 25.5 Å². The Balaban J connectivity index is 1.50. The highest BCUT2D eigenvalue weighted by Gasteiger charge is 2.20. The summed E-state index contributed by atoms with van der Waals surface area (Å²) in [6, 6.07) is 15.6. The van der Waals surface area contributed by atoms with Crippen LogP contribution in [0.2, 0.25) is 0 Å². The van der Waals surface area contributed by atoms with Gasteiger partial charge in [0.25, 0.3) is 0 Å². The number of aryl methyl sites for hydroxylation is 7. The number of phenolic OH excluding ortho intramolecular Hbond substituents is 5. The van der Waals surface area contributed by atoms with Crippen LogP contribution in [0, 0.1) is 62.3 Å².